The first-order chi connectivity index (χ1) is 10.1. The third kappa shape index (κ3) is 4.28. The number of rotatable bonds is 6. The van der Waals surface area contributed by atoms with Crippen molar-refractivity contribution >= 4 is 27.7 Å². The Bertz CT molecular complexity index is 592. The van der Waals surface area contributed by atoms with E-state index in [0.29, 0.717) is 12.3 Å². The van der Waals surface area contributed by atoms with Crippen molar-refractivity contribution in [3.05, 3.63) is 64.1 Å². The Morgan fingerprint density at radius 3 is 2.52 bits per heavy atom. The van der Waals surface area contributed by atoms with E-state index in [2.05, 4.69) is 21.2 Å². The largest absolute Gasteiger partial charge is 0.309 e. The van der Waals surface area contributed by atoms with Crippen LogP contribution in [0.4, 0.5) is 8.78 Å². The quantitative estimate of drug-likeness (QED) is 0.555. The van der Waals surface area contributed by atoms with Crippen LogP contribution in [0.1, 0.15) is 18.5 Å². The van der Waals surface area contributed by atoms with E-state index in [1.807, 2.05) is 37.3 Å². The molecule has 0 saturated carbocycles. The third-order valence-electron chi connectivity index (χ3n) is 3.04. The van der Waals surface area contributed by atoms with E-state index >= 15 is 0 Å². The third-order valence-corrected chi connectivity index (χ3v) is 4.76. The Balaban J connectivity index is 2.21. The summed E-state index contributed by atoms with van der Waals surface area (Å²) >= 11 is 4.69. The van der Waals surface area contributed by atoms with E-state index in [1.54, 1.807) is 11.8 Å². The van der Waals surface area contributed by atoms with Crippen LogP contribution in [0.3, 0.4) is 0 Å². The minimum absolute atomic E-state index is 0.0923. The van der Waals surface area contributed by atoms with Gasteiger partial charge in [0.1, 0.15) is 11.6 Å². The summed E-state index contributed by atoms with van der Waals surface area (Å²) in [5.74, 6) is -0.493. The molecule has 21 heavy (non-hydrogen) atoms. The molecular formula is C16H16BrF2NS. The topological polar surface area (TPSA) is 12.0 Å². The van der Waals surface area contributed by atoms with Gasteiger partial charge < -0.3 is 5.32 Å². The van der Waals surface area contributed by atoms with Gasteiger partial charge in [-0.25, -0.2) is 8.78 Å². The Hall–Kier alpha value is -0.910. The maximum Gasteiger partial charge on any atom is 0.145 e. The van der Waals surface area contributed by atoms with Crippen molar-refractivity contribution in [3.63, 3.8) is 0 Å². The molecule has 0 bridgehead atoms. The average molecular weight is 372 g/mol. The Morgan fingerprint density at radius 1 is 1.14 bits per heavy atom. The summed E-state index contributed by atoms with van der Waals surface area (Å²) in [7, 11) is 0. The lowest BCUT2D eigenvalue weighted by Crippen LogP contribution is -2.25. The van der Waals surface area contributed by atoms with Crippen molar-refractivity contribution in [2.75, 3.05) is 12.3 Å². The molecule has 5 heteroatoms. The first-order valence-corrected chi connectivity index (χ1v) is 8.46. The number of thioether (sulfide) groups is 1. The molecule has 0 amide bonds. The van der Waals surface area contributed by atoms with Gasteiger partial charge in [-0.05, 0) is 46.7 Å². The number of hydrogen-bond acceptors (Lipinski definition) is 2. The van der Waals surface area contributed by atoms with Crippen molar-refractivity contribution < 1.29 is 8.78 Å². The molecule has 1 unspecified atom stereocenters. The molecule has 112 valence electrons. The van der Waals surface area contributed by atoms with Gasteiger partial charge in [-0.3, -0.25) is 0 Å². The minimum atomic E-state index is -0.533. The van der Waals surface area contributed by atoms with Crippen LogP contribution >= 0.6 is 27.7 Å². The van der Waals surface area contributed by atoms with Gasteiger partial charge in [0.25, 0.3) is 0 Å². The van der Waals surface area contributed by atoms with E-state index in [4.69, 9.17) is 0 Å². The summed E-state index contributed by atoms with van der Waals surface area (Å²) in [6.07, 6.45) is 0. The smallest absolute Gasteiger partial charge is 0.145 e. The highest BCUT2D eigenvalue weighted by Gasteiger charge is 2.21. The second kappa shape index (κ2) is 7.92. The molecule has 0 aromatic heterocycles. The fraction of sp³-hybridized carbons (Fsp3) is 0.250. The zero-order chi connectivity index (χ0) is 15.2. The molecule has 0 aliphatic rings. The highest BCUT2D eigenvalue weighted by molar-refractivity contribution is 9.10. The number of nitrogens with one attached hydrogen (secondary N) is 1. The van der Waals surface area contributed by atoms with Gasteiger partial charge in [-0.2, -0.15) is 0 Å². The summed E-state index contributed by atoms with van der Waals surface area (Å²) in [5, 5.41) is 3.16. The van der Waals surface area contributed by atoms with Crippen molar-refractivity contribution in [1.82, 2.24) is 5.32 Å². The van der Waals surface area contributed by atoms with Crippen LogP contribution in [0.25, 0.3) is 0 Å². The predicted octanol–water partition coefficient (Wildman–Crippen LogP) is 5.17. The highest BCUT2D eigenvalue weighted by Crippen LogP contribution is 2.30. The minimum Gasteiger partial charge on any atom is -0.309 e. The summed E-state index contributed by atoms with van der Waals surface area (Å²) in [5.41, 5.74) is 0.0923. The molecular weight excluding hydrogens is 356 g/mol. The SMILES string of the molecule is CCNC(CSc1ccccc1)c1c(F)ccc(Br)c1F. The lowest BCUT2D eigenvalue weighted by molar-refractivity contribution is 0.497. The number of benzene rings is 2. The lowest BCUT2D eigenvalue weighted by Gasteiger charge is -2.20. The molecule has 0 spiro atoms. The van der Waals surface area contributed by atoms with Gasteiger partial charge in [0.05, 0.1) is 4.47 Å². The molecule has 0 radical (unpaired) electrons. The van der Waals surface area contributed by atoms with Crippen molar-refractivity contribution in [3.8, 4) is 0 Å². The molecule has 1 N–H and O–H groups in total. The van der Waals surface area contributed by atoms with Gasteiger partial charge >= 0.3 is 0 Å². The molecule has 1 atom stereocenters. The predicted molar refractivity (Wildman–Crippen MR) is 87.6 cm³/mol. The maximum absolute atomic E-state index is 14.2. The van der Waals surface area contributed by atoms with Crippen LogP contribution in [0.5, 0.6) is 0 Å². The van der Waals surface area contributed by atoms with Gasteiger partial charge in [0.15, 0.2) is 0 Å². The molecule has 0 heterocycles. The van der Waals surface area contributed by atoms with Gasteiger partial charge in [0.2, 0.25) is 0 Å². The monoisotopic (exact) mass is 371 g/mol. The number of hydrogen-bond donors (Lipinski definition) is 1. The fourth-order valence-electron chi connectivity index (χ4n) is 2.05. The Labute approximate surface area is 136 Å². The second-order valence-electron chi connectivity index (χ2n) is 4.49. The highest BCUT2D eigenvalue weighted by atomic mass is 79.9. The molecule has 0 saturated heterocycles. The van der Waals surface area contributed by atoms with Crippen LogP contribution in [0.2, 0.25) is 0 Å². The lowest BCUT2D eigenvalue weighted by atomic mass is 10.1. The first kappa shape index (κ1) is 16.5. The van der Waals surface area contributed by atoms with Crippen LogP contribution in [-0.2, 0) is 0 Å². The fourth-order valence-corrected chi connectivity index (χ4v) is 3.39. The maximum atomic E-state index is 14.2. The molecule has 2 aromatic rings. The summed E-state index contributed by atoms with van der Waals surface area (Å²) in [4.78, 5) is 1.08. The number of halogens is 3. The van der Waals surface area contributed by atoms with Gasteiger partial charge in [0, 0.05) is 22.3 Å². The normalized spacial score (nSPS) is 12.4. The van der Waals surface area contributed by atoms with Crippen LogP contribution < -0.4 is 5.32 Å². The van der Waals surface area contributed by atoms with Gasteiger partial charge in [-0.1, -0.05) is 25.1 Å². The van der Waals surface area contributed by atoms with E-state index < -0.39 is 11.6 Å². The summed E-state index contributed by atoms with van der Waals surface area (Å²) in [6.45, 7) is 2.57. The molecule has 0 aliphatic carbocycles. The second-order valence-corrected chi connectivity index (χ2v) is 6.44. The molecule has 2 aromatic carbocycles. The molecule has 0 aliphatic heterocycles. The summed E-state index contributed by atoms with van der Waals surface area (Å²) < 4.78 is 28.5. The Kier molecular flexibility index (Phi) is 6.21. The zero-order valence-electron chi connectivity index (χ0n) is 11.6. The first-order valence-electron chi connectivity index (χ1n) is 6.68. The van der Waals surface area contributed by atoms with Crippen LogP contribution in [0, 0.1) is 11.6 Å². The standard InChI is InChI=1S/C16H16BrF2NS/c1-2-20-14(10-21-11-6-4-3-5-7-11)15-13(18)9-8-12(17)16(15)19/h3-9,14,20H,2,10H2,1H3. The zero-order valence-corrected chi connectivity index (χ0v) is 14.0. The summed E-state index contributed by atoms with van der Waals surface area (Å²) in [6, 6.07) is 12.1. The average Bonchev–Trinajstić information content (AvgIpc) is 2.50. The van der Waals surface area contributed by atoms with E-state index in [9.17, 15) is 8.78 Å². The van der Waals surface area contributed by atoms with E-state index in [-0.39, 0.29) is 16.1 Å². The molecule has 2 rings (SSSR count). The molecule has 0 fully saturated rings. The van der Waals surface area contributed by atoms with Gasteiger partial charge in [-0.15, -0.1) is 11.8 Å². The van der Waals surface area contributed by atoms with Crippen LogP contribution in [0.15, 0.2) is 51.8 Å². The van der Waals surface area contributed by atoms with E-state index in [0.717, 1.165) is 4.90 Å². The van der Waals surface area contributed by atoms with Crippen molar-refractivity contribution in [1.29, 1.82) is 0 Å². The van der Waals surface area contributed by atoms with Crippen molar-refractivity contribution in [2.45, 2.75) is 17.9 Å². The molecule has 1 nitrogen and oxygen atoms in total. The van der Waals surface area contributed by atoms with Crippen molar-refractivity contribution in [2.24, 2.45) is 0 Å². The van der Waals surface area contributed by atoms with Crippen LogP contribution in [-0.4, -0.2) is 12.3 Å². The Morgan fingerprint density at radius 2 is 1.86 bits per heavy atom. The van der Waals surface area contributed by atoms with E-state index in [1.165, 1.54) is 12.1 Å².